The summed E-state index contributed by atoms with van der Waals surface area (Å²) in [5, 5.41) is 23.1. The Morgan fingerprint density at radius 1 is 0.804 bits per heavy atom. The van der Waals surface area contributed by atoms with Crippen LogP contribution >= 0.6 is 0 Å². The van der Waals surface area contributed by atoms with E-state index in [1.165, 1.54) is 96.3 Å². The standard InChI is InChI=1S/C38H73N5O8/c1-3-5-7-9-11-13-14-15-17-19-21-23-25-43(34(47)24-22-20-18-16-12-10-8-6-4-2)35-26-31(37(48)32(29-44)50-35)51-42-33(46)28-41-38(49)36(40)30(45)27-39/h31-32,35-37,44,48H,3-29,39-40H2,1-2H3,(H,41,49)(H,42,46)/t31-,32+,35+,36?,37+/m0/s1. The number of hydrogen-bond donors (Lipinski definition) is 6. The molecule has 1 fully saturated rings. The Labute approximate surface area is 307 Å². The SMILES string of the molecule is CCCCCCCCCCCCCCN(C(=O)CCCCCCCCCCC)[C@H]1C[C@H](ONC(=O)CNC(=O)C(N)C(=O)CN)[C@@H](O)[C@@H](CO)O1. The third kappa shape index (κ3) is 21.2. The van der Waals surface area contributed by atoms with Crippen LogP contribution in [0.25, 0.3) is 0 Å². The fourth-order valence-corrected chi connectivity index (χ4v) is 6.40. The Bertz CT molecular complexity index is 942. The normalized spacial score (nSPS) is 19.4. The number of hydrogen-bond acceptors (Lipinski definition) is 10. The van der Waals surface area contributed by atoms with Crippen LogP contribution in [0.5, 0.6) is 0 Å². The predicted octanol–water partition coefficient (Wildman–Crippen LogP) is 4.29. The van der Waals surface area contributed by atoms with Crippen LogP contribution in [-0.2, 0) is 28.8 Å². The summed E-state index contributed by atoms with van der Waals surface area (Å²) in [4.78, 5) is 56.9. The third-order valence-corrected chi connectivity index (χ3v) is 9.70. The fraction of sp³-hybridized carbons (Fsp3) is 0.895. The molecule has 0 bridgehead atoms. The van der Waals surface area contributed by atoms with Crippen molar-refractivity contribution in [2.24, 2.45) is 11.5 Å². The number of nitrogens with two attached hydrogens (primary N) is 2. The van der Waals surface area contributed by atoms with Crippen LogP contribution in [0.3, 0.4) is 0 Å². The highest BCUT2D eigenvalue weighted by Gasteiger charge is 2.42. The Balaban J connectivity index is 2.71. The molecule has 3 amide bonds. The van der Waals surface area contributed by atoms with Gasteiger partial charge in [-0.15, -0.1) is 0 Å². The zero-order valence-corrected chi connectivity index (χ0v) is 31.9. The molecule has 0 aliphatic carbocycles. The summed E-state index contributed by atoms with van der Waals surface area (Å²) in [7, 11) is 0. The van der Waals surface area contributed by atoms with Gasteiger partial charge in [0.25, 0.3) is 5.91 Å². The molecule has 0 aromatic rings. The number of unbranched alkanes of at least 4 members (excludes halogenated alkanes) is 19. The molecular weight excluding hydrogens is 654 g/mol. The van der Waals surface area contributed by atoms with Gasteiger partial charge in [-0.05, 0) is 12.8 Å². The average Bonchev–Trinajstić information content (AvgIpc) is 3.13. The van der Waals surface area contributed by atoms with Gasteiger partial charge >= 0.3 is 0 Å². The quantitative estimate of drug-likeness (QED) is 0.0329. The first kappa shape index (κ1) is 46.9. The molecule has 0 saturated carbocycles. The molecule has 51 heavy (non-hydrogen) atoms. The molecule has 1 heterocycles. The average molecular weight is 728 g/mol. The monoisotopic (exact) mass is 728 g/mol. The molecule has 298 valence electrons. The number of Topliss-reactive ketones (excluding diaryl/α,β-unsaturated/α-hetero) is 1. The Morgan fingerprint density at radius 3 is 1.78 bits per heavy atom. The Hall–Kier alpha value is -2.16. The van der Waals surface area contributed by atoms with E-state index in [0.29, 0.717) is 13.0 Å². The number of aliphatic hydroxyl groups is 2. The molecule has 8 N–H and O–H groups in total. The van der Waals surface area contributed by atoms with Crippen LogP contribution in [0.4, 0.5) is 0 Å². The van der Waals surface area contributed by atoms with Gasteiger partial charge in [-0.3, -0.25) is 24.0 Å². The van der Waals surface area contributed by atoms with Crippen LogP contribution in [-0.4, -0.2) is 95.4 Å². The number of hydroxylamine groups is 1. The number of aliphatic hydroxyl groups excluding tert-OH is 2. The van der Waals surface area contributed by atoms with Crippen molar-refractivity contribution in [2.75, 3.05) is 26.2 Å². The van der Waals surface area contributed by atoms with Gasteiger partial charge in [0.15, 0.2) is 5.78 Å². The first-order chi connectivity index (χ1) is 24.7. The summed E-state index contributed by atoms with van der Waals surface area (Å²) in [5.74, 6) is -2.31. The number of amides is 3. The van der Waals surface area contributed by atoms with Crippen LogP contribution in [0.15, 0.2) is 0 Å². The highest BCUT2D eigenvalue weighted by atomic mass is 16.7. The highest BCUT2D eigenvalue weighted by Crippen LogP contribution is 2.26. The maximum Gasteiger partial charge on any atom is 0.262 e. The highest BCUT2D eigenvalue weighted by molar-refractivity contribution is 6.06. The second-order valence-electron chi connectivity index (χ2n) is 14.1. The third-order valence-electron chi connectivity index (χ3n) is 9.70. The first-order valence-corrected chi connectivity index (χ1v) is 20.1. The van der Waals surface area contributed by atoms with Gasteiger partial charge in [-0.25, -0.2) is 5.48 Å². The lowest BCUT2D eigenvalue weighted by Gasteiger charge is -2.42. The number of nitrogens with zero attached hydrogens (tertiary/aromatic N) is 1. The van der Waals surface area contributed by atoms with E-state index in [-0.39, 0.29) is 12.3 Å². The van der Waals surface area contributed by atoms with Crippen LogP contribution < -0.4 is 22.3 Å². The smallest absolute Gasteiger partial charge is 0.262 e. The molecule has 0 aromatic carbocycles. The molecule has 5 atom stereocenters. The second-order valence-corrected chi connectivity index (χ2v) is 14.1. The van der Waals surface area contributed by atoms with Gasteiger partial charge in [-0.1, -0.05) is 136 Å². The van der Waals surface area contributed by atoms with E-state index in [1.807, 2.05) is 0 Å². The summed E-state index contributed by atoms with van der Waals surface area (Å²) < 4.78 is 6.06. The lowest BCUT2D eigenvalue weighted by molar-refractivity contribution is -0.237. The minimum atomic E-state index is -1.49. The number of nitrogens with one attached hydrogen (secondary N) is 2. The van der Waals surface area contributed by atoms with Gasteiger partial charge in [-0.2, -0.15) is 0 Å². The molecular formula is C38H73N5O8. The van der Waals surface area contributed by atoms with Crippen LogP contribution in [0.2, 0.25) is 0 Å². The Morgan fingerprint density at radius 2 is 1.29 bits per heavy atom. The zero-order chi connectivity index (χ0) is 37.7. The summed E-state index contributed by atoms with van der Waals surface area (Å²) in [6, 6.07) is -1.49. The van der Waals surface area contributed by atoms with Crippen LogP contribution in [0.1, 0.15) is 162 Å². The van der Waals surface area contributed by atoms with Crippen molar-refractivity contribution in [3.63, 3.8) is 0 Å². The van der Waals surface area contributed by atoms with Crippen molar-refractivity contribution in [1.82, 2.24) is 15.7 Å². The van der Waals surface area contributed by atoms with Gasteiger partial charge in [0.1, 0.15) is 30.6 Å². The minimum Gasteiger partial charge on any atom is -0.394 e. The molecule has 0 radical (unpaired) electrons. The van der Waals surface area contributed by atoms with Crippen molar-refractivity contribution in [2.45, 2.75) is 192 Å². The number of carbonyl (C=O) groups is 4. The van der Waals surface area contributed by atoms with E-state index in [4.69, 9.17) is 21.0 Å². The van der Waals surface area contributed by atoms with E-state index >= 15 is 0 Å². The van der Waals surface area contributed by atoms with E-state index in [0.717, 1.165) is 38.5 Å². The van der Waals surface area contributed by atoms with E-state index < -0.39 is 67.9 Å². The summed E-state index contributed by atoms with van der Waals surface area (Å²) >= 11 is 0. The van der Waals surface area contributed by atoms with E-state index in [1.54, 1.807) is 4.90 Å². The lowest BCUT2D eigenvalue weighted by atomic mass is 9.99. The molecule has 1 unspecified atom stereocenters. The van der Waals surface area contributed by atoms with E-state index in [9.17, 15) is 29.4 Å². The number of carbonyl (C=O) groups excluding carboxylic acids is 4. The van der Waals surface area contributed by atoms with Crippen molar-refractivity contribution in [3.05, 3.63) is 0 Å². The fourth-order valence-electron chi connectivity index (χ4n) is 6.40. The summed E-state index contributed by atoms with van der Waals surface area (Å²) in [6.45, 7) is 3.50. The maximum atomic E-state index is 13.6. The molecule has 1 saturated heterocycles. The van der Waals surface area contributed by atoms with Gasteiger partial charge in [0, 0.05) is 19.4 Å². The summed E-state index contributed by atoms with van der Waals surface area (Å²) in [5.41, 5.74) is 13.0. The topological polar surface area (TPSA) is 207 Å². The first-order valence-electron chi connectivity index (χ1n) is 20.1. The molecule has 13 heteroatoms. The van der Waals surface area contributed by atoms with Gasteiger partial charge < -0.3 is 36.6 Å². The molecule has 1 rings (SSSR count). The molecule has 1 aliphatic heterocycles. The molecule has 1 aliphatic rings. The number of rotatable bonds is 32. The van der Waals surface area contributed by atoms with Crippen molar-refractivity contribution in [3.8, 4) is 0 Å². The summed E-state index contributed by atoms with van der Waals surface area (Å²) in [6.07, 6.45) is 21.2. The van der Waals surface area contributed by atoms with E-state index in [2.05, 4.69) is 24.6 Å². The number of ether oxygens (including phenoxy) is 1. The van der Waals surface area contributed by atoms with Crippen molar-refractivity contribution in [1.29, 1.82) is 0 Å². The lowest BCUT2D eigenvalue weighted by Crippen LogP contribution is -2.58. The van der Waals surface area contributed by atoms with Crippen molar-refractivity contribution < 1.29 is 39.0 Å². The van der Waals surface area contributed by atoms with Gasteiger partial charge in [0.2, 0.25) is 11.8 Å². The second kappa shape index (κ2) is 30.3. The van der Waals surface area contributed by atoms with Crippen LogP contribution in [0, 0.1) is 0 Å². The Kier molecular flexibility index (Phi) is 27.9. The maximum absolute atomic E-state index is 13.6. The van der Waals surface area contributed by atoms with Gasteiger partial charge in [0.05, 0.1) is 19.7 Å². The number of ketones is 1. The van der Waals surface area contributed by atoms with Crippen molar-refractivity contribution >= 4 is 23.5 Å². The minimum absolute atomic E-state index is 0.0343. The molecule has 0 spiro atoms. The molecule has 13 nitrogen and oxygen atoms in total. The largest absolute Gasteiger partial charge is 0.394 e. The zero-order valence-electron chi connectivity index (χ0n) is 31.9. The molecule has 0 aromatic heterocycles. The predicted molar refractivity (Wildman–Crippen MR) is 199 cm³/mol.